The topological polar surface area (TPSA) is 31.4 Å². The lowest BCUT2D eigenvalue weighted by Crippen LogP contribution is -2.52. The minimum absolute atomic E-state index is 0.615. The summed E-state index contributed by atoms with van der Waals surface area (Å²) in [6.07, 6.45) is 2.66. The van der Waals surface area contributed by atoms with Crippen molar-refractivity contribution in [3.63, 3.8) is 0 Å². The first kappa shape index (κ1) is 13.8. The van der Waals surface area contributed by atoms with Crippen molar-refractivity contribution < 1.29 is 0 Å². The summed E-state index contributed by atoms with van der Waals surface area (Å²) < 4.78 is 0. The molecule has 4 nitrogen and oxygen atoms in total. The van der Waals surface area contributed by atoms with Gasteiger partial charge in [-0.1, -0.05) is 13.0 Å². The Morgan fingerprint density at radius 1 is 1.30 bits per heavy atom. The minimum atomic E-state index is 0.615. The molecule has 1 N–H and O–H groups in total. The average Bonchev–Trinajstić information content (AvgIpc) is 3.29. The van der Waals surface area contributed by atoms with Gasteiger partial charge in [0.25, 0.3) is 0 Å². The van der Waals surface area contributed by atoms with E-state index in [1.54, 1.807) is 0 Å². The Morgan fingerprint density at radius 3 is 2.85 bits per heavy atom. The summed E-state index contributed by atoms with van der Waals surface area (Å²) in [6, 6.07) is 7.78. The molecule has 0 bridgehead atoms. The van der Waals surface area contributed by atoms with Crippen LogP contribution in [0.3, 0.4) is 0 Å². The van der Waals surface area contributed by atoms with Gasteiger partial charge in [0.15, 0.2) is 0 Å². The van der Waals surface area contributed by atoms with E-state index in [0.29, 0.717) is 6.04 Å². The number of pyridine rings is 1. The summed E-state index contributed by atoms with van der Waals surface area (Å²) in [4.78, 5) is 9.79. The van der Waals surface area contributed by atoms with Crippen molar-refractivity contribution >= 4 is 5.82 Å². The van der Waals surface area contributed by atoms with Crippen molar-refractivity contribution in [2.45, 2.75) is 45.3 Å². The second-order valence-electron chi connectivity index (χ2n) is 6.07. The largest absolute Gasteiger partial charge is 0.354 e. The van der Waals surface area contributed by atoms with E-state index in [1.807, 2.05) is 0 Å². The third kappa shape index (κ3) is 3.30. The normalized spacial score (nSPS) is 24.1. The molecule has 4 heteroatoms. The highest BCUT2D eigenvalue weighted by atomic mass is 15.3. The van der Waals surface area contributed by atoms with Crippen LogP contribution in [0.15, 0.2) is 18.2 Å². The Bertz CT molecular complexity index is 444. The molecule has 1 unspecified atom stereocenters. The van der Waals surface area contributed by atoms with E-state index in [9.17, 15) is 0 Å². The van der Waals surface area contributed by atoms with E-state index in [1.165, 1.54) is 18.5 Å². The highest BCUT2D eigenvalue weighted by Gasteiger charge is 2.23. The summed E-state index contributed by atoms with van der Waals surface area (Å²) in [5.74, 6) is 1.14. The third-order valence-corrected chi connectivity index (χ3v) is 4.44. The van der Waals surface area contributed by atoms with E-state index in [-0.39, 0.29) is 0 Å². The molecule has 0 spiro atoms. The van der Waals surface area contributed by atoms with Gasteiger partial charge in [0.05, 0.1) is 5.69 Å². The smallest absolute Gasteiger partial charge is 0.128 e. The predicted molar refractivity (Wildman–Crippen MR) is 83.0 cm³/mol. The molecule has 1 saturated heterocycles. The van der Waals surface area contributed by atoms with Gasteiger partial charge in [0.2, 0.25) is 0 Å². The number of anilines is 1. The molecule has 0 aromatic carbocycles. The van der Waals surface area contributed by atoms with Gasteiger partial charge in [0, 0.05) is 38.3 Å². The monoisotopic (exact) mass is 274 g/mol. The number of piperazine rings is 1. The molecule has 110 valence electrons. The van der Waals surface area contributed by atoms with Crippen LogP contribution in [0.25, 0.3) is 0 Å². The van der Waals surface area contributed by atoms with Crippen LogP contribution < -0.4 is 10.2 Å². The van der Waals surface area contributed by atoms with E-state index in [0.717, 1.165) is 44.6 Å². The second-order valence-corrected chi connectivity index (χ2v) is 6.07. The summed E-state index contributed by atoms with van der Waals surface area (Å²) in [5, 5.41) is 3.54. The average molecular weight is 274 g/mol. The first-order chi connectivity index (χ1) is 9.76. The third-order valence-electron chi connectivity index (χ3n) is 4.44. The number of aromatic nitrogens is 1. The highest BCUT2D eigenvalue weighted by Crippen LogP contribution is 2.20. The number of hydrogen-bond donors (Lipinski definition) is 1. The van der Waals surface area contributed by atoms with Crippen LogP contribution in [-0.4, -0.2) is 48.1 Å². The van der Waals surface area contributed by atoms with Crippen LogP contribution in [0.4, 0.5) is 5.82 Å². The molecule has 2 aliphatic rings. The van der Waals surface area contributed by atoms with Gasteiger partial charge in [-0.15, -0.1) is 0 Å². The van der Waals surface area contributed by atoms with Gasteiger partial charge in [0.1, 0.15) is 5.82 Å². The van der Waals surface area contributed by atoms with Gasteiger partial charge >= 0.3 is 0 Å². The molecule has 1 aromatic heterocycles. The summed E-state index contributed by atoms with van der Waals surface area (Å²) in [6.45, 7) is 9.93. The Labute approximate surface area is 122 Å². The van der Waals surface area contributed by atoms with Crippen LogP contribution in [0, 0.1) is 0 Å². The van der Waals surface area contributed by atoms with Gasteiger partial charge in [-0.2, -0.15) is 0 Å². The quantitative estimate of drug-likeness (QED) is 0.888. The van der Waals surface area contributed by atoms with Crippen molar-refractivity contribution in [1.82, 2.24) is 15.2 Å². The maximum atomic E-state index is 4.83. The SMILES string of the molecule is CCN1CCN(c2cccc(CNC3CC3)n2)CC1C. The Morgan fingerprint density at radius 2 is 2.15 bits per heavy atom. The molecule has 1 atom stereocenters. The van der Waals surface area contributed by atoms with Crippen LogP contribution in [0.1, 0.15) is 32.4 Å². The summed E-state index contributed by atoms with van der Waals surface area (Å²) in [7, 11) is 0. The molecule has 2 fully saturated rings. The fraction of sp³-hybridized carbons (Fsp3) is 0.688. The van der Waals surface area contributed by atoms with Gasteiger partial charge < -0.3 is 10.2 Å². The van der Waals surface area contributed by atoms with Gasteiger partial charge in [-0.3, -0.25) is 4.90 Å². The Kier molecular flexibility index (Phi) is 4.22. The van der Waals surface area contributed by atoms with Crippen molar-refractivity contribution in [2.75, 3.05) is 31.1 Å². The zero-order chi connectivity index (χ0) is 13.9. The molecule has 0 amide bonds. The standard InChI is InChI=1S/C16H26N4/c1-3-19-9-10-20(12-13(19)2)16-6-4-5-15(18-16)11-17-14-7-8-14/h4-6,13-14,17H,3,7-12H2,1-2H3. The highest BCUT2D eigenvalue weighted by molar-refractivity contribution is 5.40. The Hall–Kier alpha value is -1.13. The van der Waals surface area contributed by atoms with Crippen LogP contribution in [0.5, 0.6) is 0 Å². The number of likely N-dealkylation sites (N-methyl/N-ethyl adjacent to an activating group) is 1. The van der Waals surface area contributed by atoms with E-state index >= 15 is 0 Å². The molecule has 20 heavy (non-hydrogen) atoms. The second kappa shape index (κ2) is 6.10. The van der Waals surface area contributed by atoms with Crippen LogP contribution in [0.2, 0.25) is 0 Å². The summed E-state index contributed by atoms with van der Waals surface area (Å²) >= 11 is 0. The van der Waals surface area contributed by atoms with Gasteiger partial charge in [-0.05, 0) is 38.4 Å². The first-order valence-electron chi connectivity index (χ1n) is 7.94. The maximum Gasteiger partial charge on any atom is 0.128 e. The minimum Gasteiger partial charge on any atom is -0.354 e. The van der Waals surface area contributed by atoms with Crippen LogP contribution in [-0.2, 0) is 6.54 Å². The van der Waals surface area contributed by atoms with Crippen molar-refractivity contribution in [2.24, 2.45) is 0 Å². The van der Waals surface area contributed by atoms with E-state index in [2.05, 4.69) is 47.2 Å². The molecule has 1 aliphatic heterocycles. The van der Waals surface area contributed by atoms with E-state index < -0.39 is 0 Å². The Balaban J connectivity index is 1.62. The molecule has 1 aromatic rings. The summed E-state index contributed by atoms with van der Waals surface area (Å²) in [5.41, 5.74) is 1.17. The molecule has 0 radical (unpaired) electrons. The van der Waals surface area contributed by atoms with Crippen molar-refractivity contribution in [3.8, 4) is 0 Å². The molecular weight excluding hydrogens is 248 g/mol. The lowest BCUT2D eigenvalue weighted by atomic mass is 10.2. The predicted octanol–water partition coefficient (Wildman–Crippen LogP) is 1.86. The van der Waals surface area contributed by atoms with Crippen LogP contribution >= 0.6 is 0 Å². The zero-order valence-corrected chi connectivity index (χ0v) is 12.7. The van der Waals surface area contributed by atoms with Crippen molar-refractivity contribution in [1.29, 1.82) is 0 Å². The fourth-order valence-electron chi connectivity index (χ4n) is 2.95. The molecule has 2 heterocycles. The fourth-order valence-corrected chi connectivity index (χ4v) is 2.95. The maximum absolute atomic E-state index is 4.83. The molecular formula is C16H26N4. The first-order valence-corrected chi connectivity index (χ1v) is 7.94. The number of nitrogens with zero attached hydrogens (tertiary/aromatic N) is 3. The molecule has 3 rings (SSSR count). The number of rotatable bonds is 5. The van der Waals surface area contributed by atoms with E-state index in [4.69, 9.17) is 4.98 Å². The lowest BCUT2D eigenvalue weighted by molar-refractivity contribution is 0.199. The molecule has 1 saturated carbocycles. The zero-order valence-electron chi connectivity index (χ0n) is 12.7. The lowest BCUT2D eigenvalue weighted by Gasteiger charge is -2.40. The number of hydrogen-bond acceptors (Lipinski definition) is 4. The van der Waals surface area contributed by atoms with Gasteiger partial charge in [-0.25, -0.2) is 4.98 Å². The van der Waals surface area contributed by atoms with Crippen molar-refractivity contribution in [3.05, 3.63) is 23.9 Å². The number of nitrogens with one attached hydrogen (secondary N) is 1. The molecule has 1 aliphatic carbocycles.